The number of hydrogen-bond acceptors (Lipinski definition) is 6. The van der Waals surface area contributed by atoms with E-state index in [0.717, 1.165) is 16.7 Å². The number of ether oxygens (including phenoxy) is 2. The maximum atomic E-state index is 11.5. The smallest absolute Gasteiger partial charge is 0.360 e. The summed E-state index contributed by atoms with van der Waals surface area (Å²) in [7, 11) is 0. The molecule has 0 bridgehead atoms. The van der Waals surface area contributed by atoms with Crippen LogP contribution in [0.5, 0.6) is 0 Å². The van der Waals surface area contributed by atoms with Crippen LogP contribution in [0, 0.1) is 0 Å². The number of benzene rings is 1. The summed E-state index contributed by atoms with van der Waals surface area (Å²) in [6.07, 6.45) is 0. The fourth-order valence-electron chi connectivity index (χ4n) is 2.04. The van der Waals surface area contributed by atoms with Crippen molar-refractivity contribution < 1.29 is 23.2 Å². The van der Waals surface area contributed by atoms with E-state index in [1.807, 2.05) is 30.3 Å². The Balaban J connectivity index is 1.55. The lowest BCUT2D eigenvalue weighted by atomic mass is 10.2. The quantitative estimate of drug-likeness (QED) is 0.650. The number of rotatable bonds is 6. The predicted molar refractivity (Wildman–Crippen MR) is 77.2 cm³/mol. The standard InChI is InChI=1S/C16H15NO5/c1-2-20-16(18)14-8-13(22-17-14)10-19-9-12-7-11-5-3-4-6-15(11)21-12/h3-8H,2,9-10H2,1H3. The Kier molecular flexibility index (Phi) is 4.20. The van der Waals surface area contributed by atoms with Gasteiger partial charge in [-0.3, -0.25) is 0 Å². The van der Waals surface area contributed by atoms with Gasteiger partial charge in [0.15, 0.2) is 11.5 Å². The summed E-state index contributed by atoms with van der Waals surface area (Å²) in [5, 5.41) is 4.67. The Labute approximate surface area is 126 Å². The minimum absolute atomic E-state index is 0.143. The molecular formula is C16H15NO5. The molecule has 3 aromatic rings. The zero-order chi connectivity index (χ0) is 15.4. The third-order valence-corrected chi connectivity index (χ3v) is 3.01. The van der Waals surface area contributed by atoms with E-state index in [0.29, 0.717) is 19.0 Å². The number of carbonyl (C=O) groups is 1. The molecule has 1 aromatic carbocycles. The lowest BCUT2D eigenvalue weighted by Crippen LogP contribution is -2.04. The third kappa shape index (κ3) is 3.17. The van der Waals surface area contributed by atoms with E-state index < -0.39 is 5.97 Å². The van der Waals surface area contributed by atoms with Crippen LogP contribution in [0.2, 0.25) is 0 Å². The van der Waals surface area contributed by atoms with Crippen LogP contribution in [-0.4, -0.2) is 17.7 Å². The summed E-state index contributed by atoms with van der Waals surface area (Å²) in [6.45, 7) is 2.53. The van der Waals surface area contributed by atoms with Gasteiger partial charge in [-0.15, -0.1) is 0 Å². The highest BCUT2D eigenvalue weighted by Crippen LogP contribution is 2.19. The SMILES string of the molecule is CCOC(=O)c1cc(COCc2cc3ccccc3o2)on1. The van der Waals surface area contributed by atoms with Gasteiger partial charge in [0.05, 0.1) is 6.61 Å². The van der Waals surface area contributed by atoms with Crippen LogP contribution >= 0.6 is 0 Å². The van der Waals surface area contributed by atoms with E-state index in [4.69, 9.17) is 18.4 Å². The Morgan fingerprint density at radius 1 is 1.18 bits per heavy atom. The molecule has 0 aliphatic carbocycles. The van der Waals surface area contributed by atoms with Crippen LogP contribution in [0.25, 0.3) is 11.0 Å². The molecule has 0 unspecified atom stereocenters. The van der Waals surface area contributed by atoms with Crippen molar-refractivity contribution in [2.45, 2.75) is 20.1 Å². The molecule has 0 radical (unpaired) electrons. The van der Waals surface area contributed by atoms with Gasteiger partial charge in [-0.1, -0.05) is 23.4 Å². The molecule has 6 heteroatoms. The number of carbonyl (C=O) groups excluding carboxylic acids is 1. The predicted octanol–water partition coefficient (Wildman–Crippen LogP) is 3.31. The van der Waals surface area contributed by atoms with Gasteiger partial charge in [0, 0.05) is 11.5 Å². The molecule has 0 amide bonds. The highest BCUT2D eigenvalue weighted by molar-refractivity contribution is 5.87. The average molecular weight is 301 g/mol. The molecule has 0 atom stereocenters. The Morgan fingerprint density at radius 2 is 2.00 bits per heavy atom. The number of aromatic nitrogens is 1. The minimum Gasteiger partial charge on any atom is -0.461 e. The van der Waals surface area contributed by atoms with Crippen molar-refractivity contribution in [3.05, 3.63) is 53.6 Å². The Morgan fingerprint density at radius 3 is 2.82 bits per heavy atom. The summed E-state index contributed by atoms with van der Waals surface area (Å²) >= 11 is 0. The van der Waals surface area contributed by atoms with Gasteiger partial charge in [0.2, 0.25) is 0 Å². The molecule has 0 aliphatic heterocycles. The maximum absolute atomic E-state index is 11.5. The maximum Gasteiger partial charge on any atom is 0.360 e. The zero-order valence-electron chi connectivity index (χ0n) is 12.1. The molecule has 0 aliphatic rings. The lowest BCUT2D eigenvalue weighted by Gasteiger charge is -1.97. The highest BCUT2D eigenvalue weighted by Gasteiger charge is 2.13. The Hall–Kier alpha value is -2.60. The van der Waals surface area contributed by atoms with Crippen molar-refractivity contribution in [2.75, 3.05) is 6.61 Å². The molecule has 0 saturated carbocycles. The fraction of sp³-hybridized carbons (Fsp3) is 0.250. The molecule has 6 nitrogen and oxygen atoms in total. The van der Waals surface area contributed by atoms with E-state index in [9.17, 15) is 4.79 Å². The van der Waals surface area contributed by atoms with Gasteiger partial charge in [-0.05, 0) is 19.1 Å². The first-order valence-electron chi connectivity index (χ1n) is 6.94. The summed E-state index contributed by atoms with van der Waals surface area (Å²) in [4.78, 5) is 11.5. The van der Waals surface area contributed by atoms with Gasteiger partial charge in [-0.25, -0.2) is 4.79 Å². The van der Waals surface area contributed by atoms with Crippen molar-refractivity contribution in [3.63, 3.8) is 0 Å². The van der Waals surface area contributed by atoms with Gasteiger partial charge in [0.25, 0.3) is 0 Å². The molecule has 0 N–H and O–H groups in total. The summed E-state index contributed by atoms with van der Waals surface area (Å²) in [6, 6.07) is 11.2. The van der Waals surface area contributed by atoms with Crippen LogP contribution in [0.3, 0.4) is 0 Å². The van der Waals surface area contributed by atoms with Crippen LogP contribution < -0.4 is 0 Å². The first-order valence-corrected chi connectivity index (χ1v) is 6.94. The number of esters is 1. The second kappa shape index (κ2) is 6.44. The fourth-order valence-corrected chi connectivity index (χ4v) is 2.04. The second-order valence-corrected chi connectivity index (χ2v) is 4.64. The normalized spacial score (nSPS) is 11.0. The summed E-state index contributed by atoms with van der Waals surface area (Å²) < 4.78 is 21.0. The van der Waals surface area contributed by atoms with Crippen molar-refractivity contribution in [1.29, 1.82) is 0 Å². The van der Waals surface area contributed by atoms with E-state index in [-0.39, 0.29) is 12.3 Å². The lowest BCUT2D eigenvalue weighted by molar-refractivity contribution is 0.0513. The highest BCUT2D eigenvalue weighted by atomic mass is 16.5. The van der Waals surface area contributed by atoms with Crippen LogP contribution in [0.1, 0.15) is 28.9 Å². The number of hydrogen-bond donors (Lipinski definition) is 0. The number of nitrogens with zero attached hydrogens (tertiary/aromatic N) is 1. The molecule has 2 heterocycles. The largest absolute Gasteiger partial charge is 0.461 e. The number of fused-ring (bicyclic) bond motifs is 1. The van der Waals surface area contributed by atoms with E-state index in [1.54, 1.807) is 6.92 Å². The van der Waals surface area contributed by atoms with Crippen molar-refractivity contribution in [1.82, 2.24) is 5.16 Å². The molecule has 0 fully saturated rings. The second-order valence-electron chi connectivity index (χ2n) is 4.64. The molecule has 0 spiro atoms. The molecule has 22 heavy (non-hydrogen) atoms. The van der Waals surface area contributed by atoms with Crippen LogP contribution in [0.4, 0.5) is 0 Å². The first-order chi connectivity index (χ1) is 10.8. The Bertz CT molecular complexity index is 741. The molecule has 3 rings (SSSR count). The zero-order valence-corrected chi connectivity index (χ0v) is 12.1. The van der Waals surface area contributed by atoms with Crippen LogP contribution in [-0.2, 0) is 22.7 Å². The average Bonchev–Trinajstić information content (AvgIpc) is 3.13. The van der Waals surface area contributed by atoms with Gasteiger partial charge < -0.3 is 18.4 Å². The summed E-state index contributed by atoms with van der Waals surface area (Å²) in [5.74, 6) is 0.681. The molecule has 114 valence electrons. The summed E-state index contributed by atoms with van der Waals surface area (Å²) in [5.41, 5.74) is 0.967. The number of para-hydroxylation sites is 1. The first kappa shape index (κ1) is 14.3. The van der Waals surface area contributed by atoms with Gasteiger partial charge in [0.1, 0.15) is 24.6 Å². The minimum atomic E-state index is -0.505. The third-order valence-electron chi connectivity index (χ3n) is 3.01. The van der Waals surface area contributed by atoms with Crippen molar-refractivity contribution in [3.8, 4) is 0 Å². The monoisotopic (exact) mass is 301 g/mol. The van der Waals surface area contributed by atoms with Gasteiger partial charge in [-0.2, -0.15) is 0 Å². The van der Waals surface area contributed by atoms with Crippen LogP contribution in [0.15, 0.2) is 45.3 Å². The molecule has 2 aromatic heterocycles. The van der Waals surface area contributed by atoms with E-state index >= 15 is 0 Å². The van der Waals surface area contributed by atoms with Gasteiger partial charge >= 0.3 is 5.97 Å². The number of furan rings is 1. The van der Waals surface area contributed by atoms with E-state index in [1.165, 1.54) is 6.07 Å². The topological polar surface area (TPSA) is 74.7 Å². The molecular weight excluding hydrogens is 286 g/mol. The molecule has 0 saturated heterocycles. The van der Waals surface area contributed by atoms with Crippen molar-refractivity contribution in [2.24, 2.45) is 0 Å². The van der Waals surface area contributed by atoms with E-state index in [2.05, 4.69) is 5.16 Å². The van der Waals surface area contributed by atoms with Crippen molar-refractivity contribution >= 4 is 16.9 Å².